The third kappa shape index (κ3) is 2.32. The second-order valence-corrected chi connectivity index (χ2v) is 4.99. The van der Waals surface area contributed by atoms with Crippen molar-refractivity contribution in [3.8, 4) is 16.8 Å². The van der Waals surface area contributed by atoms with Crippen molar-refractivity contribution in [2.75, 3.05) is 0 Å². The van der Waals surface area contributed by atoms with E-state index in [2.05, 4.69) is 5.10 Å². The molecule has 0 bridgehead atoms. The van der Waals surface area contributed by atoms with E-state index in [1.165, 1.54) is 6.07 Å². The summed E-state index contributed by atoms with van der Waals surface area (Å²) in [4.78, 5) is 0. The van der Waals surface area contributed by atoms with E-state index in [4.69, 9.17) is 11.6 Å². The Bertz CT molecular complexity index is 765. The molecule has 2 nitrogen and oxygen atoms in total. The molecule has 0 amide bonds. The van der Waals surface area contributed by atoms with Crippen molar-refractivity contribution in [2.24, 2.45) is 0 Å². The first-order valence-electron chi connectivity index (χ1n) is 6.21. The van der Waals surface area contributed by atoms with E-state index < -0.39 is 0 Å². The van der Waals surface area contributed by atoms with Gasteiger partial charge in [0, 0.05) is 22.3 Å². The molecule has 20 heavy (non-hydrogen) atoms. The van der Waals surface area contributed by atoms with Crippen LogP contribution in [0.2, 0.25) is 5.02 Å². The minimum atomic E-state index is -0.256. The average Bonchev–Trinajstić information content (AvgIpc) is 2.92. The molecule has 0 saturated heterocycles. The van der Waals surface area contributed by atoms with Gasteiger partial charge in [0.2, 0.25) is 0 Å². The highest BCUT2D eigenvalue weighted by molar-refractivity contribution is 6.31. The normalized spacial score (nSPS) is 10.8. The van der Waals surface area contributed by atoms with Crippen LogP contribution in [0, 0.1) is 12.7 Å². The van der Waals surface area contributed by atoms with Crippen molar-refractivity contribution in [1.82, 2.24) is 9.78 Å². The summed E-state index contributed by atoms with van der Waals surface area (Å²) < 4.78 is 15.4. The number of aromatic nitrogens is 2. The molecular weight excluding hydrogens is 275 g/mol. The lowest BCUT2D eigenvalue weighted by Gasteiger charge is -2.03. The molecule has 0 aliphatic carbocycles. The first-order chi connectivity index (χ1) is 9.65. The van der Waals surface area contributed by atoms with Gasteiger partial charge in [-0.05, 0) is 30.7 Å². The highest BCUT2D eigenvalue weighted by Crippen LogP contribution is 2.24. The Morgan fingerprint density at radius 3 is 2.70 bits per heavy atom. The Balaban J connectivity index is 2.02. The molecule has 3 aromatic rings. The lowest BCUT2D eigenvalue weighted by atomic mass is 10.1. The third-order valence-corrected chi connectivity index (χ3v) is 3.59. The largest absolute Gasteiger partial charge is 0.240 e. The molecule has 1 heterocycles. The molecule has 100 valence electrons. The molecule has 0 spiro atoms. The smallest absolute Gasteiger partial charge is 0.131 e. The van der Waals surface area contributed by atoms with Crippen LogP contribution in [0.5, 0.6) is 0 Å². The summed E-state index contributed by atoms with van der Waals surface area (Å²) in [5.41, 5.74) is 3.14. The van der Waals surface area contributed by atoms with Crippen molar-refractivity contribution < 1.29 is 4.39 Å². The van der Waals surface area contributed by atoms with Crippen molar-refractivity contribution in [3.05, 3.63) is 71.3 Å². The summed E-state index contributed by atoms with van der Waals surface area (Å²) in [6, 6.07) is 12.4. The Hall–Kier alpha value is -2.13. The number of rotatable bonds is 2. The lowest BCUT2D eigenvalue weighted by molar-refractivity contribution is 0.631. The van der Waals surface area contributed by atoms with Crippen LogP contribution in [-0.2, 0) is 0 Å². The van der Waals surface area contributed by atoms with E-state index in [0.717, 1.165) is 16.8 Å². The zero-order chi connectivity index (χ0) is 14.1. The van der Waals surface area contributed by atoms with E-state index in [-0.39, 0.29) is 5.82 Å². The summed E-state index contributed by atoms with van der Waals surface area (Å²) in [5.74, 6) is -0.256. The molecule has 2 aromatic carbocycles. The van der Waals surface area contributed by atoms with Gasteiger partial charge in [-0.3, -0.25) is 0 Å². The van der Waals surface area contributed by atoms with Crippen LogP contribution in [0.1, 0.15) is 5.56 Å². The molecule has 0 unspecified atom stereocenters. The Kier molecular flexibility index (Phi) is 3.28. The molecule has 0 atom stereocenters. The molecule has 3 rings (SSSR count). The number of aryl methyl sites for hydroxylation is 1. The molecular formula is C16H12ClFN2. The Morgan fingerprint density at radius 2 is 1.95 bits per heavy atom. The molecule has 0 radical (unpaired) electrons. The predicted octanol–water partition coefficient (Wildman–Crippen LogP) is 4.64. The Morgan fingerprint density at radius 1 is 1.15 bits per heavy atom. The van der Waals surface area contributed by atoms with Gasteiger partial charge in [-0.15, -0.1) is 0 Å². The van der Waals surface area contributed by atoms with Gasteiger partial charge in [-0.1, -0.05) is 35.9 Å². The average molecular weight is 287 g/mol. The maximum Gasteiger partial charge on any atom is 0.131 e. The summed E-state index contributed by atoms with van der Waals surface area (Å²) in [5, 5.41) is 4.95. The minimum absolute atomic E-state index is 0.256. The van der Waals surface area contributed by atoms with Crippen LogP contribution in [0.15, 0.2) is 54.9 Å². The fraction of sp³-hybridized carbons (Fsp3) is 0.0625. The van der Waals surface area contributed by atoms with E-state index in [9.17, 15) is 4.39 Å². The Labute approximate surface area is 121 Å². The fourth-order valence-corrected chi connectivity index (χ4v) is 2.20. The van der Waals surface area contributed by atoms with Crippen molar-refractivity contribution in [1.29, 1.82) is 0 Å². The monoisotopic (exact) mass is 286 g/mol. The van der Waals surface area contributed by atoms with Gasteiger partial charge in [-0.25, -0.2) is 9.07 Å². The van der Waals surface area contributed by atoms with Crippen LogP contribution in [0.4, 0.5) is 4.39 Å². The topological polar surface area (TPSA) is 17.8 Å². The zero-order valence-electron chi connectivity index (χ0n) is 10.8. The molecule has 1 aromatic heterocycles. The molecule has 4 heteroatoms. The molecule has 0 N–H and O–H groups in total. The van der Waals surface area contributed by atoms with E-state index in [0.29, 0.717) is 10.6 Å². The second kappa shape index (κ2) is 5.10. The van der Waals surface area contributed by atoms with Crippen LogP contribution < -0.4 is 0 Å². The second-order valence-electron chi connectivity index (χ2n) is 4.59. The molecule has 0 aliphatic heterocycles. The third-order valence-electron chi connectivity index (χ3n) is 3.19. The van der Waals surface area contributed by atoms with Gasteiger partial charge in [0.05, 0.1) is 11.9 Å². The van der Waals surface area contributed by atoms with E-state index in [1.54, 1.807) is 35.3 Å². The van der Waals surface area contributed by atoms with Gasteiger partial charge in [0.15, 0.2) is 0 Å². The number of hydrogen-bond donors (Lipinski definition) is 0. The van der Waals surface area contributed by atoms with Crippen LogP contribution in [0.25, 0.3) is 16.8 Å². The fourth-order valence-electron chi connectivity index (χ4n) is 2.02. The summed E-state index contributed by atoms with van der Waals surface area (Å²) >= 11 is 6.11. The maximum absolute atomic E-state index is 13.7. The van der Waals surface area contributed by atoms with Crippen LogP contribution >= 0.6 is 11.6 Å². The number of hydrogen-bond acceptors (Lipinski definition) is 1. The standard InChI is InChI=1S/C16H12ClFN2/c1-11-6-7-13(8-15(11)17)20-10-12(9-19-20)14-4-2-3-5-16(14)18/h2-10H,1H3. The van der Waals surface area contributed by atoms with Crippen LogP contribution in [0.3, 0.4) is 0 Å². The number of nitrogens with zero attached hydrogens (tertiary/aromatic N) is 2. The highest BCUT2D eigenvalue weighted by atomic mass is 35.5. The van der Waals surface area contributed by atoms with Gasteiger partial charge < -0.3 is 0 Å². The van der Waals surface area contributed by atoms with Gasteiger partial charge in [-0.2, -0.15) is 5.10 Å². The van der Waals surface area contributed by atoms with Crippen LogP contribution in [-0.4, -0.2) is 9.78 Å². The minimum Gasteiger partial charge on any atom is -0.240 e. The predicted molar refractivity (Wildman–Crippen MR) is 78.7 cm³/mol. The van der Waals surface area contributed by atoms with Gasteiger partial charge in [0.1, 0.15) is 5.82 Å². The van der Waals surface area contributed by atoms with E-state index >= 15 is 0 Å². The SMILES string of the molecule is Cc1ccc(-n2cc(-c3ccccc3F)cn2)cc1Cl. The summed E-state index contributed by atoms with van der Waals surface area (Å²) in [6.45, 7) is 1.94. The van der Waals surface area contributed by atoms with Gasteiger partial charge >= 0.3 is 0 Å². The molecule has 0 saturated carbocycles. The maximum atomic E-state index is 13.7. The first-order valence-corrected chi connectivity index (χ1v) is 6.59. The molecule has 0 aliphatic rings. The first kappa shape index (κ1) is 12.9. The molecule has 0 fully saturated rings. The quantitative estimate of drug-likeness (QED) is 0.671. The van der Waals surface area contributed by atoms with Gasteiger partial charge in [0.25, 0.3) is 0 Å². The van der Waals surface area contributed by atoms with E-state index in [1.807, 2.05) is 25.1 Å². The van der Waals surface area contributed by atoms with Crippen molar-refractivity contribution in [3.63, 3.8) is 0 Å². The highest BCUT2D eigenvalue weighted by Gasteiger charge is 2.08. The number of benzene rings is 2. The summed E-state index contributed by atoms with van der Waals surface area (Å²) in [7, 11) is 0. The number of halogens is 2. The zero-order valence-corrected chi connectivity index (χ0v) is 11.6. The lowest BCUT2D eigenvalue weighted by Crippen LogP contribution is -1.94. The summed E-state index contributed by atoms with van der Waals surface area (Å²) in [6.07, 6.45) is 3.44. The van der Waals surface area contributed by atoms with Crippen molar-refractivity contribution >= 4 is 11.6 Å². The van der Waals surface area contributed by atoms with Crippen molar-refractivity contribution in [2.45, 2.75) is 6.92 Å².